The molecule has 0 radical (unpaired) electrons. The largest absolute Gasteiger partial charge is 0.339 e. The second-order valence-electron chi connectivity index (χ2n) is 6.47. The molecule has 4 heteroatoms. The van der Waals surface area contributed by atoms with Crippen LogP contribution < -0.4 is 0 Å². The first-order valence-corrected chi connectivity index (χ1v) is 8.60. The van der Waals surface area contributed by atoms with Gasteiger partial charge < -0.3 is 4.90 Å². The predicted molar refractivity (Wildman–Crippen MR) is 90.0 cm³/mol. The van der Waals surface area contributed by atoms with Gasteiger partial charge in [-0.3, -0.25) is 4.79 Å². The molecule has 0 heterocycles. The number of amides is 1. The number of carbonyl (C=O) groups is 1. The van der Waals surface area contributed by atoms with Gasteiger partial charge in [-0.2, -0.15) is 0 Å². The van der Waals surface area contributed by atoms with Crippen molar-refractivity contribution in [3.05, 3.63) is 32.7 Å². The lowest BCUT2D eigenvalue weighted by Crippen LogP contribution is -2.40. The highest BCUT2D eigenvalue weighted by Gasteiger charge is 2.30. The van der Waals surface area contributed by atoms with Crippen molar-refractivity contribution >= 4 is 37.8 Å². The molecular formula is C16H21Br2NO. The lowest BCUT2D eigenvalue weighted by atomic mass is 9.75. The van der Waals surface area contributed by atoms with Crippen LogP contribution in [0.25, 0.3) is 0 Å². The summed E-state index contributed by atoms with van der Waals surface area (Å²) in [5, 5.41) is 0. The molecule has 0 N–H and O–H groups in total. The average molecular weight is 403 g/mol. The van der Waals surface area contributed by atoms with Crippen molar-refractivity contribution in [3.8, 4) is 0 Å². The second-order valence-corrected chi connectivity index (χ2v) is 8.30. The minimum atomic E-state index is 0.108. The van der Waals surface area contributed by atoms with E-state index in [-0.39, 0.29) is 5.91 Å². The van der Waals surface area contributed by atoms with Crippen LogP contribution in [0.3, 0.4) is 0 Å². The Hall–Kier alpha value is -0.350. The Morgan fingerprint density at radius 3 is 2.15 bits per heavy atom. The molecule has 20 heavy (non-hydrogen) atoms. The van der Waals surface area contributed by atoms with Gasteiger partial charge in [0.05, 0.1) is 0 Å². The summed E-state index contributed by atoms with van der Waals surface area (Å²) in [5.41, 5.74) is 1.16. The lowest BCUT2D eigenvalue weighted by molar-refractivity contribution is 0.0635. The smallest absolute Gasteiger partial charge is 0.253 e. The molecule has 0 aromatic heterocycles. The van der Waals surface area contributed by atoms with Gasteiger partial charge in [0.2, 0.25) is 0 Å². The van der Waals surface area contributed by atoms with Crippen molar-refractivity contribution in [1.82, 2.24) is 4.90 Å². The Kier molecular flexibility index (Phi) is 4.96. The molecule has 1 fully saturated rings. The SMILES string of the molecule is CN(C(=O)c1cc(Br)cc(Br)c1)C1CCC(C)(C)CC1. The number of rotatable bonds is 2. The quantitative estimate of drug-likeness (QED) is 0.661. The number of halogens is 2. The maximum absolute atomic E-state index is 12.6. The normalized spacial score (nSPS) is 18.9. The molecule has 0 atom stereocenters. The van der Waals surface area contributed by atoms with Crippen LogP contribution in [-0.2, 0) is 0 Å². The zero-order chi connectivity index (χ0) is 14.9. The summed E-state index contributed by atoms with van der Waals surface area (Å²) in [7, 11) is 1.93. The lowest BCUT2D eigenvalue weighted by Gasteiger charge is -2.38. The van der Waals surface area contributed by atoms with E-state index >= 15 is 0 Å². The van der Waals surface area contributed by atoms with Crippen LogP contribution in [0.15, 0.2) is 27.1 Å². The van der Waals surface area contributed by atoms with Gasteiger partial charge in [-0.15, -0.1) is 0 Å². The molecule has 0 unspecified atom stereocenters. The fourth-order valence-electron chi connectivity index (χ4n) is 2.82. The molecule has 1 amide bonds. The highest BCUT2D eigenvalue weighted by Crippen LogP contribution is 2.37. The van der Waals surface area contributed by atoms with Crippen molar-refractivity contribution in [2.75, 3.05) is 7.05 Å². The molecule has 1 aliphatic carbocycles. The Bertz CT molecular complexity index is 483. The van der Waals surface area contributed by atoms with Crippen molar-refractivity contribution in [2.45, 2.75) is 45.6 Å². The van der Waals surface area contributed by atoms with Gasteiger partial charge in [0.25, 0.3) is 5.91 Å². The summed E-state index contributed by atoms with van der Waals surface area (Å²) in [6, 6.07) is 6.08. The van der Waals surface area contributed by atoms with Crippen molar-refractivity contribution in [1.29, 1.82) is 0 Å². The van der Waals surface area contributed by atoms with Gasteiger partial charge in [-0.05, 0) is 49.3 Å². The summed E-state index contributed by atoms with van der Waals surface area (Å²) in [4.78, 5) is 14.5. The number of carbonyl (C=O) groups excluding carboxylic acids is 1. The molecule has 0 bridgehead atoms. The molecule has 1 aliphatic rings. The first-order valence-electron chi connectivity index (χ1n) is 7.02. The molecule has 1 aromatic rings. The van der Waals surface area contributed by atoms with Gasteiger partial charge in [0.15, 0.2) is 0 Å². The van der Waals surface area contributed by atoms with E-state index in [0.29, 0.717) is 11.5 Å². The van der Waals surface area contributed by atoms with Crippen LogP contribution in [-0.4, -0.2) is 23.9 Å². The van der Waals surface area contributed by atoms with Gasteiger partial charge >= 0.3 is 0 Å². The Balaban J connectivity index is 2.09. The number of hydrogen-bond acceptors (Lipinski definition) is 1. The average Bonchev–Trinajstić information content (AvgIpc) is 2.36. The van der Waals surface area contributed by atoms with Crippen molar-refractivity contribution < 1.29 is 4.79 Å². The molecule has 0 spiro atoms. The summed E-state index contributed by atoms with van der Waals surface area (Å²) < 4.78 is 1.85. The summed E-state index contributed by atoms with van der Waals surface area (Å²) in [6.07, 6.45) is 4.59. The third-order valence-corrected chi connectivity index (χ3v) is 5.20. The summed E-state index contributed by atoms with van der Waals surface area (Å²) >= 11 is 6.88. The first-order chi connectivity index (χ1) is 9.28. The second kappa shape index (κ2) is 6.18. The van der Waals surface area contributed by atoms with E-state index in [9.17, 15) is 4.79 Å². The van der Waals surface area contributed by atoms with E-state index in [2.05, 4.69) is 45.7 Å². The maximum Gasteiger partial charge on any atom is 0.253 e. The Labute approximate surface area is 138 Å². The monoisotopic (exact) mass is 401 g/mol. The Morgan fingerprint density at radius 1 is 1.15 bits per heavy atom. The van der Waals surface area contributed by atoms with Gasteiger partial charge in [0.1, 0.15) is 0 Å². The molecular weight excluding hydrogens is 382 g/mol. The van der Waals surface area contributed by atoms with Crippen LogP contribution in [0.4, 0.5) is 0 Å². The standard InChI is InChI=1S/C16H21Br2NO/c1-16(2)6-4-14(5-7-16)19(3)15(20)11-8-12(17)10-13(18)9-11/h8-10,14H,4-7H2,1-3H3. The van der Waals surface area contributed by atoms with E-state index in [1.165, 1.54) is 12.8 Å². The highest BCUT2D eigenvalue weighted by molar-refractivity contribution is 9.11. The van der Waals surface area contributed by atoms with Crippen LogP contribution >= 0.6 is 31.9 Å². The number of benzene rings is 1. The highest BCUT2D eigenvalue weighted by atomic mass is 79.9. The van der Waals surface area contributed by atoms with E-state index < -0.39 is 0 Å². The van der Waals surface area contributed by atoms with Crippen LogP contribution in [0.1, 0.15) is 49.9 Å². The van der Waals surface area contributed by atoms with E-state index in [1.54, 1.807) is 0 Å². The van der Waals surface area contributed by atoms with E-state index in [0.717, 1.165) is 27.4 Å². The van der Waals surface area contributed by atoms with Crippen molar-refractivity contribution in [3.63, 3.8) is 0 Å². The number of nitrogens with zero attached hydrogens (tertiary/aromatic N) is 1. The summed E-state index contributed by atoms with van der Waals surface area (Å²) in [5.74, 6) is 0.108. The molecule has 110 valence electrons. The van der Waals surface area contributed by atoms with Crippen LogP contribution in [0.2, 0.25) is 0 Å². The van der Waals surface area contributed by atoms with Gasteiger partial charge in [0, 0.05) is 27.6 Å². The van der Waals surface area contributed by atoms with Crippen molar-refractivity contribution in [2.24, 2.45) is 5.41 Å². The van der Waals surface area contributed by atoms with Gasteiger partial charge in [-0.25, -0.2) is 0 Å². The van der Waals surface area contributed by atoms with E-state index in [4.69, 9.17) is 0 Å². The molecule has 2 nitrogen and oxygen atoms in total. The Morgan fingerprint density at radius 2 is 1.65 bits per heavy atom. The molecule has 1 saturated carbocycles. The zero-order valence-electron chi connectivity index (χ0n) is 12.2. The molecule has 1 aromatic carbocycles. The van der Waals surface area contributed by atoms with E-state index in [1.807, 2.05) is 30.1 Å². The topological polar surface area (TPSA) is 20.3 Å². The fraction of sp³-hybridized carbons (Fsp3) is 0.562. The molecule has 0 aliphatic heterocycles. The summed E-state index contributed by atoms with van der Waals surface area (Å²) in [6.45, 7) is 4.63. The molecule has 2 rings (SSSR count). The third kappa shape index (κ3) is 3.85. The maximum atomic E-state index is 12.6. The predicted octanol–water partition coefficient (Wildman–Crippen LogP) is 5.25. The minimum absolute atomic E-state index is 0.108. The third-order valence-electron chi connectivity index (χ3n) is 4.29. The van der Waals surface area contributed by atoms with Gasteiger partial charge in [-0.1, -0.05) is 45.7 Å². The molecule has 0 saturated heterocycles. The van der Waals surface area contributed by atoms with Crippen LogP contribution in [0, 0.1) is 5.41 Å². The zero-order valence-corrected chi connectivity index (χ0v) is 15.4. The first kappa shape index (κ1) is 16.0. The minimum Gasteiger partial charge on any atom is -0.339 e. The fourth-order valence-corrected chi connectivity index (χ4v) is 4.11. The van der Waals surface area contributed by atoms with Crippen LogP contribution in [0.5, 0.6) is 0 Å². The number of hydrogen-bond donors (Lipinski definition) is 0.